The molecule has 0 spiro atoms. The van der Waals surface area contributed by atoms with E-state index < -0.39 is 11.5 Å². The zero-order valence-corrected chi connectivity index (χ0v) is 10.4. The van der Waals surface area contributed by atoms with E-state index in [1.165, 1.54) is 12.8 Å². The van der Waals surface area contributed by atoms with Gasteiger partial charge in [-0.25, -0.2) is 0 Å². The van der Waals surface area contributed by atoms with E-state index in [9.17, 15) is 9.90 Å². The molecule has 0 aromatic rings. The maximum atomic E-state index is 11.3. The molecule has 0 bridgehead atoms. The van der Waals surface area contributed by atoms with Gasteiger partial charge in [0, 0.05) is 0 Å². The van der Waals surface area contributed by atoms with Crippen LogP contribution in [-0.4, -0.2) is 16.6 Å². The highest BCUT2D eigenvalue weighted by molar-refractivity contribution is 5.79. The summed E-state index contributed by atoms with van der Waals surface area (Å²) in [5.74, 6) is 1.89. The Hall–Kier alpha value is -0.570. The number of fused-ring (bicyclic) bond motifs is 1. The second-order valence-corrected chi connectivity index (χ2v) is 6.24. The Morgan fingerprint density at radius 3 is 2.50 bits per heavy atom. The molecule has 3 heteroatoms. The molecule has 16 heavy (non-hydrogen) atoms. The van der Waals surface area contributed by atoms with Crippen LogP contribution in [0.3, 0.4) is 0 Å². The van der Waals surface area contributed by atoms with Crippen LogP contribution >= 0.6 is 0 Å². The van der Waals surface area contributed by atoms with Gasteiger partial charge in [0.15, 0.2) is 0 Å². The monoisotopic (exact) mass is 225 g/mol. The third-order valence-electron chi connectivity index (χ3n) is 5.18. The minimum atomic E-state index is -0.961. The fraction of sp³-hybridized carbons (Fsp3) is 0.923. The molecule has 2 saturated carbocycles. The van der Waals surface area contributed by atoms with E-state index in [0.29, 0.717) is 18.3 Å². The topological polar surface area (TPSA) is 63.3 Å². The van der Waals surface area contributed by atoms with E-state index in [4.69, 9.17) is 5.73 Å². The van der Waals surface area contributed by atoms with E-state index in [2.05, 4.69) is 13.8 Å². The van der Waals surface area contributed by atoms with Crippen LogP contribution < -0.4 is 5.73 Å². The molecule has 0 aromatic carbocycles. The van der Waals surface area contributed by atoms with Gasteiger partial charge in [0.25, 0.3) is 0 Å². The lowest BCUT2D eigenvalue weighted by molar-refractivity contribution is -0.145. The van der Waals surface area contributed by atoms with E-state index in [0.717, 1.165) is 11.8 Å². The number of aliphatic carboxylic acids is 1. The maximum absolute atomic E-state index is 11.3. The highest BCUT2D eigenvalue weighted by Gasteiger charge is 2.56. The maximum Gasteiger partial charge on any atom is 0.323 e. The molecule has 5 atom stereocenters. The molecule has 92 valence electrons. The van der Waals surface area contributed by atoms with Crippen molar-refractivity contribution in [2.45, 2.75) is 45.6 Å². The average Bonchev–Trinajstić information content (AvgIpc) is 2.68. The van der Waals surface area contributed by atoms with Crippen LogP contribution in [0.5, 0.6) is 0 Å². The highest BCUT2D eigenvalue weighted by Crippen LogP contribution is 2.54. The molecule has 3 nitrogen and oxygen atoms in total. The molecular weight excluding hydrogens is 202 g/mol. The number of carbonyl (C=O) groups is 1. The van der Waals surface area contributed by atoms with Crippen molar-refractivity contribution >= 4 is 5.97 Å². The van der Waals surface area contributed by atoms with Gasteiger partial charge in [0.2, 0.25) is 0 Å². The number of carboxylic acids is 1. The lowest BCUT2D eigenvalue weighted by Gasteiger charge is -2.28. The molecule has 0 heterocycles. The third kappa shape index (κ3) is 1.56. The molecule has 0 aromatic heterocycles. The Morgan fingerprint density at radius 1 is 1.44 bits per heavy atom. The Balaban J connectivity index is 2.13. The van der Waals surface area contributed by atoms with Crippen molar-refractivity contribution in [3.63, 3.8) is 0 Å². The Labute approximate surface area is 97.4 Å². The molecule has 0 amide bonds. The second-order valence-electron chi connectivity index (χ2n) is 6.24. The number of nitrogens with two attached hydrogens (primary N) is 1. The minimum absolute atomic E-state index is 0.124. The van der Waals surface area contributed by atoms with Crippen LogP contribution in [-0.2, 0) is 4.79 Å². The van der Waals surface area contributed by atoms with Crippen molar-refractivity contribution in [1.29, 1.82) is 0 Å². The Morgan fingerprint density at radius 2 is 2.06 bits per heavy atom. The van der Waals surface area contributed by atoms with Gasteiger partial charge in [0.05, 0.1) is 0 Å². The first-order valence-electron chi connectivity index (χ1n) is 6.38. The van der Waals surface area contributed by atoms with Gasteiger partial charge in [0.1, 0.15) is 5.54 Å². The van der Waals surface area contributed by atoms with Crippen molar-refractivity contribution in [2.75, 3.05) is 0 Å². The van der Waals surface area contributed by atoms with Crippen LogP contribution in [0.2, 0.25) is 0 Å². The molecule has 2 aliphatic rings. The van der Waals surface area contributed by atoms with E-state index in [-0.39, 0.29) is 5.92 Å². The van der Waals surface area contributed by atoms with Gasteiger partial charge in [-0.15, -0.1) is 0 Å². The summed E-state index contributed by atoms with van der Waals surface area (Å²) in [6, 6.07) is 0. The van der Waals surface area contributed by atoms with Crippen molar-refractivity contribution in [1.82, 2.24) is 0 Å². The minimum Gasteiger partial charge on any atom is -0.480 e. The predicted octanol–water partition coefficient (Wildman–Crippen LogP) is 2.11. The Bertz CT molecular complexity index is 302. The molecular formula is C13H23NO2. The molecule has 0 aliphatic heterocycles. The van der Waals surface area contributed by atoms with Crippen molar-refractivity contribution in [3.05, 3.63) is 0 Å². The van der Waals surface area contributed by atoms with E-state index in [1.54, 1.807) is 0 Å². The summed E-state index contributed by atoms with van der Waals surface area (Å²) in [6.45, 7) is 6.56. The smallest absolute Gasteiger partial charge is 0.323 e. The van der Waals surface area contributed by atoms with Crippen LogP contribution in [0, 0.1) is 29.6 Å². The summed E-state index contributed by atoms with van der Waals surface area (Å²) in [7, 11) is 0. The number of rotatable bonds is 2. The molecule has 0 saturated heterocycles. The Kier molecular flexibility index (Phi) is 2.77. The third-order valence-corrected chi connectivity index (χ3v) is 5.18. The molecule has 2 aliphatic carbocycles. The molecule has 3 N–H and O–H groups in total. The van der Waals surface area contributed by atoms with Gasteiger partial charge < -0.3 is 10.8 Å². The van der Waals surface area contributed by atoms with E-state index in [1.807, 2.05) is 6.92 Å². The predicted molar refractivity (Wildman–Crippen MR) is 62.9 cm³/mol. The van der Waals surface area contributed by atoms with Gasteiger partial charge in [-0.3, -0.25) is 4.79 Å². The second kappa shape index (κ2) is 3.73. The number of hydrogen-bond acceptors (Lipinski definition) is 2. The zero-order chi connectivity index (χ0) is 12.1. The highest BCUT2D eigenvalue weighted by atomic mass is 16.4. The quantitative estimate of drug-likeness (QED) is 0.756. The molecule has 0 radical (unpaired) electrons. The molecule has 5 unspecified atom stereocenters. The average molecular weight is 225 g/mol. The summed E-state index contributed by atoms with van der Waals surface area (Å²) in [5, 5.41) is 9.25. The summed E-state index contributed by atoms with van der Waals surface area (Å²) in [4.78, 5) is 11.3. The normalized spacial score (nSPS) is 47.3. The van der Waals surface area contributed by atoms with Crippen molar-refractivity contribution in [2.24, 2.45) is 35.3 Å². The van der Waals surface area contributed by atoms with Crippen LogP contribution in [0.25, 0.3) is 0 Å². The first-order chi connectivity index (χ1) is 7.36. The van der Waals surface area contributed by atoms with Crippen LogP contribution in [0.15, 0.2) is 0 Å². The first-order valence-corrected chi connectivity index (χ1v) is 6.38. The summed E-state index contributed by atoms with van der Waals surface area (Å²) >= 11 is 0. The van der Waals surface area contributed by atoms with Gasteiger partial charge in [-0.1, -0.05) is 20.8 Å². The van der Waals surface area contributed by atoms with Gasteiger partial charge in [-0.2, -0.15) is 0 Å². The summed E-state index contributed by atoms with van der Waals surface area (Å²) in [6.07, 6.45) is 3.03. The summed E-state index contributed by atoms with van der Waals surface area (Å²) < 4.78 is 0. The lowest BCUT2D eigenvalue weighted by Crippen LogP contribution is -2.51. The number of carboxylic acid groups (broad SMARTS) is 1. The van der Waals surface area contributed by atoms with Gasteiger partial charge >= 0.3 is 5.97 Å². The van der Waals surface area contributed by atoms with Gasteiger partial charge in [-0.05, 0) is 48.9 Å². The fourth-order valence-corrected chi connectivity index (χ4v) is 3.88. The molecule has 2 fully saturated rings. The first kappa shape index (κ1) is 11.9. The van der Waals surface area contributed by atoms with E-state index >= 15 is 0 Å². The zero-order valence-electron chi connectivity index (χ0n) is 10.4. The number of hydrogen-bond donors (Lipinski definition) is 2. The largest absolute Gasteiger partial charge is 0.480 e. The van der Waals surface area contributed by atoms with Crippen LogP contribution in [0.4, 0.5) is 0 Å². The van der Waals surface area contributed by atoms with Crippen molar-refractivity contribution in [3.8, 4) is 0 Å². The SMILES string of the molecule is CC(C)C1CC2CC(N)(C(=O)O)C(C)C2C1. The summed E-state index contributed by atoms with van der Waals surface area (Å²) in [5.41, 5.74) is 5.10. The van der Waals surface area contributed by atoms with Crippen LogP contribution in [0.1, 0.15) is 40.0 Å². The standard InChI is InChI=1S/C13H23NO2/c1-7(2)9-4-10-6-13(14,12(15)16)8(3)11(10)5-9/h7-11H,4-6,14H2,1-3H3,(H,15,16). The molecule has 2 rings (SSSR count). The fourth-order valence-electron chi connectivity index (χ4n) is 3.88. The lowest BCUT2D eigenvalue weighted by atomic mass is 9.81. The van der Waals surface area contributed by atoms with Crippen molar-refractivity contribution < 1.29 is 9.90 Å².